The van der Waals surface area contributed by atoms with Crippen molar-refractivity contribution in [3.63, 3.8) is 0 Å². The first-order valence-corrected chi connectivity index (χ1v) is 14.0. The second kappa shape index (κ2) is 11.8. The summed E-state index contributed by atoms with van der Waals surface area (Å²) in [6.07, 6.45) is 7.96. The van der Waals surface area contributed by atoms with E-state index >= 15 is 0 Å². The van der Waals surface area contributed by atoms with Crippen LogP contribution in [0.5, 0.6) is 11.5 Å². The van der Waals surface area contributed by atoms with Crippen molar-refractivity contribution in [2.45, 2.75) is 25.9 Å². The molecule has 2 aromatic heterocycles. The Morgan fingerprint density at radius 2 is 1.92 bits per heavy atom. The van der Waals surface area contributed by atoms with Gasteiger partial charge in [0.15, 0.2) is 11.5 Å². The zero-order chi connectivity index (χ0) is 26.6. The van der Waals surface area contributed by atoms with Gasteiger partial charge in [-0.2, -0.15) is 0 Å². The highest BCUT2D eigenvalue weighted by atomic mass is 35.5. The summed E-state index contributed by atoms with van der Waals surface area (Å²) in [5.74, 6) is 2.87. The minimum atomic E-state index is 0.518. The summed E-state index contributed by atoms with van der Waals surface area (Å²) in [6.45, 7) is 5.80. The Balaban J connectivity index is 1.29. The van der Waals surface area contributed by atoms with E-state index < -0.39 is 0 Å². The van der Waals surface area contributed by atoms with E-state index in [9.17, 15) is 0 Å². The van der Waals surface area contributed by atoms with Crippen LogP contribution in [0.25, 0.3) is 17.1 Å². The number of benzene rings is 2. The summed E-state index contributed by atoms with van der Waals surface area (Å²) >= 11 is 6.37. The number of piperidine rings is 1. The van der Waals surface area contributed by atoms with E-state index in [1.807, 2.05) is 41.1 Å². The van der Waals surface area contributed by atoms with Crippen molar-refractivity contribution in [2.75, 3.05) is 39.9 Å². The van der Waals surface area contributed by atoms with Gasteiger partial charge in [0.1, 0.15) is 6.61 Å². The number of ether oxygens (including phenoxy) is 2. The lowest BCUT2D eigenvalue weighted by Gasteiger charge is -2.29. The summed E-state index contributed by atoms with van der Waals surface area (Å²) in [4.78, 5) is 13.7. The Kier molecular flexibility index (Phi) is 7.81. The molecule has 1 fully saturated rings. The van der Waals surface area contributed by atoms with Crippen LogP contribution in [0, 0.1) is 5.92 Å². The van der Waals surface area contributed by atoms with Crippen LogP contribution in [0.2, 0.25) is 5.02 Å². The molecule has 1 saturated heterocycles. The maximum absolute atomic E-state index is 6.53. The average molecular weight is 544 g/mol. The molecule has 1 atom stereocenters. The maximum atomic E-state index is 6.53. The second-order valence-corrected chi connectivity index (χ2v) is 11.0. The molecule has 7 nitrogen and oxygen atoms in total. The fraction of sp³-hybridized carbons (Fsp3) is 0.355. The van der Waals surface area contributed by atoms with E-state index in [4.69, 9.17) is 21.1 Å². The molecule has 0 aliphatic carbocycles. The predicted molar refractivity (Wildman–Crippen MR) is 154 cm³/mol. The quantitative estimate of drug-likeness (QED) is 0.298. The van der Waals surface area contributed by atoms with Crippen molar-refractivity contribution in [1.29, 1.82) is 0 Å². The molecule has 0 amide bonds. The summed E-state index contributed by atoms with van der Waals surface area (Å²) in [6, 6.07) is 18.3. The molecule has 0 bridgehead atoms. The molecule has 2 aromatic carbocycles. The molecule has 0 saturated carbocycles. The van der Waals surface area contributed by atoms with Gasteiger partial charge < -0.3 is 14.4 Å². The molecular formula is C31H34ClN5O2. The molecule has 6 rings (SSSR count). The molecule has 4 aromatic rings. The molecule has 2 aliphatic rings. The van der Waals surface area contributed by atoms with Gasteiger partial charge in [0.25, 0.3) is 0 Å². The van der Waals surface area contributed by atoms with Gasteiger partial charge in [0.2, 0.25) is 5.95 Å². The van der Waals surface area contributed by atoms with Crippen LogP contribution >= 0.6 is 11.6 Å². The van der Waals surface area contributed by atoms with E-state index in [1.165, 1.54) is 12.8 Å². The molecular weight excluding hydrogens is 510 g/mol. The van der Waals surface area contributed by atoms with Gasteiger partial charge in [0, 0.05) is 67.0 Å². The lowest BCUT2D eigenvalue weighted by atomic mass is 9.99. The first-order valence-electron chi connectivity index (χ1n) is 13.7. The van der Waals surface area contributed by atoms with Gasteiger partial charge in [-0.25, -0.2) is 9.97 Å². The SMILES string of the molecule is CN1CCCC(COc2cc(-c3cccc(Cl)c3)cc3c2OCCN(Cc2cccn2-c2ncccn2)C3)C1. The highest BCUT2D eigenvalue weighted by molar-refractivity contribution is 6.30. The van der Waals surface area contributed by atoms with E-state index in [1.54, 1.807) is 12.4 Å². The Hall–Kier alpha value is -3.39. The number of fused-ring (bicyclic) bond motifs is 1. The topological polar surface area (TPSA) is 55.7 Å². The first-order chi connectivity index (χ1) is 19.1. The number of rotatable bonds is 7. The van der Waals surface area contributed by atoms with Crippen molar-refractivity contribution >= 4 is 11.6 Å². The van der Waals surface area contributed by atoms with Crippen LogP contribution in [0.1, 0.15) is 24.1 Å². The summed E-state index contributed by atoms with van der Waals surface area (Å²) < 4.78 is 15.0. The van der Waals surface area contributed by atoms with Crippen LogP contribution in [0.4, 0.5) is 0 Å². The number of halogens is 1. The van der Waals surface area contributed by atoms with Crippen molar-refractivity contribution < 1.29 is 9.47 Å². The number of likely N-dealkylation sites (tertiary alicyclic amines) is 1. The molecule has 0 spiro atoms. The second-order valence-electron chi connectivity index (χ2n) is 10.5. The van der Waals surface area contributed by atoms with Gasteiger partial charge in [-0.05, 0) is 80.0 Å². The lowest BCUT2D eigenvalue weighted by Crippen LogP contribution is -2.34. The van der Waals surface area contributed by atoms with Crippen molar-refractivity contribution in [3.8, 4) is 28.6 Å². The number of hydrogen-bond acceptors (Lipinski definition) is 6. The van der Waals surface area contributed by atoms with Gasteiger partial charge >= 0.3 is 0 Å². The first kappa shape index (κ1) is 25.9. The average Bonchev–Trinajstić information content (AvgIpc) is 3.31. The Morgan fingerprint density at radius 1 is 1.03 bits per heavy atom. The molecule has 0 N–H and O–H groups in total. The number of hydrogen-bond donors (Lipinski definition) is 0. The molecule has 2 aliphatic heterocycles. The van der Waals surface area contributed by atoms with Gasteiger partial charge in [-0.1, -0.05) is 23.7 Å². The third-order valence-electron chi connectivity index (χ3n) is 7.52. The molecule has 4 heterocycles. The highest BCUT2D eigenvalue weighted by Gasteiger charge is 2.24. The van der Waals surface area contributed by atoms with Crippen molar-refractivity contribution in [2.24, 2.45) is 5.92 Å². The zero-order valence-electron chi connectivity index (χ0n) is 22.3. The molecule has 39 heavy (non-hydrogen) atoms. The van der Waals surface area contributed by atoms with Crippen LogP contribution in [0.15, 0.2) is 73.2 Å². The minimum absolute atomic E-state index is 0.518. The molecule has 8 heteroatoms. The maximum Gasteiger partial charge on any atom is 0.233 e. The lowest BCUT2D eigenvalue weighted by molar-refractivity contribution is 0.146. The third kappa shape index (κ3) is 6.11. The van der Waals surface area contributed by atoms with Crippen LogP contribution in [-0.4, -0.2) is 64.2 Å². The number of nitrogens with zero attached hydrogens (tertiary/aromatic N) is 5. The largest absolute Gasteiger partial charge is 0.489 e. The summed E-state index contributed by atoms with van der Waals surface area (Å²) in [7, 11) is 2.19. The Labute approximate surface area is 235 Å². The fourth-order valence-corrected chi connectivity index (χ4v) is 5.81. The Bertz CT molecular complexity index is 1410. The fourth-order valence-electron chi connectivity index (χ4n) is 5.62. The number of aromatic nitrogens is 3. The third-order valence-corrected chi connectivity index (χ3v) is 7.76. The summed E-state index contributed by atoms with van der Waals surface area (Å²) in [5.41, 5.74) is 4.40. The van der Waals surface area contributed by atoms with Crippen LogP contribution < -0.4 is 9.47 Å². The van der Waals surface area contributed by atoms with Gasteiger partial charge in [0.05, 0.1) is 6.61 Å². The van der Waals surface area contributed by atoms with Gasteiger partial charge in [-0.15, -0.1) is 0 Å². The van der Waals surface area contributed by atoms with E-state index in [2.05, 4.69) is 51.1 Å². The predicted octanol–water partition coefficient (Wildman–Crippen LogP) is 5.70. The molecule has 0 radical (unpaired) electrons. The van der Waals surface area contributed by atoms with E-state index in [0.717, 1.165) is 71.6 Å². The minimum Gasteiger partial charge on any atom is -0.489 e. The normalized spacial score (nSPS) is 18.3. The summed E-state index contributed by atoms with van der Waals surface area (Å²) in [5, 5.41) is 0.719. The van der Waals surface area contributed by atoms with E-state index in [0.29, 0.717) is 25.1 Å². The molecule has 1 unspecified atom stereocenters. The van der Waals surface area contributed by atoms with Crippen molar-refractivity contribution in [3.05, 3.63) is 89.5 Å². The zero-order valence-corrected chi connectivity index (χ0v) is 23.1. The van der Waals surface area contributed by atoms with Crippen LogP contribution in [0.3, 0.4) is 0 Å². The monoisotopic (exact) mass is 543 g/mol. The van der Waals surface area contributed by atoms with E-state index in [-0.39, 0.29) is 0 Å². The standard InChI is InChI=1S/C31H34ClN5O2/c1-35-12-3-6-23(19-35)22-39-29-18-25(24-7-2-8-27(32)17-24)16-26-20-36(14-15-38-30(26)29)21-28-9-4-13-37(28)31-33-10-5-11-34-31/h2,4-5,7-11,13,16-18,23H,3,6,12,14-15,19-22H2,1H3. The molecule has 202 valence electrons. The van der Waals surface area contributed by atoms with Gasteiger partial charge in [-0.3, -0.25) is 9.47 Å². The Morgan fingerprint density at radius 3 is 2.77 bits per heavy atom. The smallest absolute Gasteiger partial charge is 0.233 e. The highest BCUT2D eigenvalue weighted by Crippen LogP contribution is 2.39. The van der Waals surface area contributed by atoms with Crippen LogP contribution in [-0.2, 0) is 13.1 Å². The van der Waals surface area contributed by atoms with Crippen molar-refractivity contribution in [1.82, 2.24) is 24.3 Å².